The van der Waals surface area contributed by atoms with Crippen molar-refractivity contribution in [1.29, 1.82) is 0 Å². The predicted octanol–water partition coefficient (Wildman–Crippen LogP) is 6.48. The zero-order valence-electron chi connectivity index (χ0n) is 21.1. The van der Waals surface area contributed by atoms with Gasteiger partial charge in [-0.05, 0) is 95.5 Å². The number of carbonyl (C=O) groups is 1. The zero-order chi connectivity index (χ0) is 25.4. The minimum Gasteiger partial charge on any atom is -0.466 e. The lowest BCUT2D eigenvalue weighted by molar-refractivity contribution is -0.143. The lowest BCUT2D eigenvalue weighted by Gasteiger charge is -2.26. The second-order valence-electron chi connectivity index (χ2n) is 10.2. The number of halogens is 2. The average Bonchev–Trinajstić information content (AvgIpc) is 3.53. The second-order valence-corrected chi connectivity index (χ2v) is 12.2. The fourth-order valence-electron chi connectivity index (χ4n) is 4.36. The van der Waals surface area contributed by atoms with Crippen molar-refractivity contribution < 1.29 is 22.5 Å². The van der Waals surface area contributed by atoms with Crippen molar-refractivity contribution in [2.45, 2.75) is 84.4 Å². The first kappa shape index (κ1) is 26.5. The minimum atomic E-state index is -1.66. The molecule has 2 aromatic carbocycles. The molecule has 0 aromatic heterocycles. The van der Waals surface area contributed by atoms with E-state index in [0.717, 1.165) is 35.1 Å². The molecule has 0 saturated heterocycles. The first-order chi connectivity index (χ1) is 15.8. The van der Waals surface area contributed by atoms with Crippen molar-refractivity contribution in [1.82, 2.24) is 4.72 Å². The van der Waals surface area contributed by atoms with Crippen LogP contribution in [-0.4, -0.2) is 21.5 Å². The van der Waals surface area contributed by atoms with E-state index in [-0.39, 0.29) is 24.5 Å². The van der Waals surface area contributed by atoms with Crippen LogP contribution >= 0.6 is 0 Å². The van der Waals surface area contributed by atoms with E-state index < -0.39 is 39.4 Å². The van der Waals surface area contributed by atoms with Gasteiger partial charge in [0.2, 0.25) is 0 Å². The lowest BCUT2D eigenvalue weighted by Crippen LogP contribution is -2.37. The molecule has 34 heavy (non-hydrogen) atoms. The largest absolute Gasteiger partial charge is 0.466 e. The van der Waals surface area contributed by atoms with E-state index >= 15 is 8.78 Å². The number of ether oxygens (including phenoxy) is 1. The molecule has 1 N–H and O–H groups in total. The van der Waals surface area contributed by atoms with E-state index in [1.165, 1.54) is 0 Å². The highest BCUT2D eigenvalue weighted by Crippen LogP contribution is 2.46. The molecule has 1 aliphatic rings. The molecular formula is C27H35F2NO3S. The number of benzene rings is 2. The van der Waals surface area contributed by atoms with Crippen molar-refractivity contribution in [3.63, 3.8) is 0 Å². The smallest absolute Gasteiger partial charge is 0.307 e. The first-order valence-corrected chi connectivity index (χ1v) is 12.9. The normalized spacial score (nSPS) is 15.8. The first-order valence-electron chi connectivity index (χ1n) is 11.8. The summed E-state index contributed by atoms with van der Waals surface area (Å²) in [5.74, 6) is -1.99. The predicted molar refractivity (Wildman–Crippen MR) is 133 cm³/mol. The Hall–Kier alpha value is -2.12. The van der Waals surface area contributed by atoms with Gasteiger partial charge in [-0.15, -0.1) is 0 Å². The third-order valence-electron chi connectivity index (χ3n) is 6.06. The van der Waals surface area contributed by atoms with E-state index in [2.05, 4.69) is 4.72 Å². The Labute approximate surface area is 204 Å². The molecule has 0 bridgehead atoms. The van der Waals surface area contributed by atoms with E-state index in [4.69, 9.17) is 4.74 Å². The number of carbonyl (C=O) groups excluding carboxylic acids is 1. The van der Waals surface area contributed by atoms with Crippen molar-refractivity contribution >= 4 is 17.0 Å². The summed E-state index contributed by atoms with van der Waals surface area (Å²) in [4.78, 5) is 12.4. The van der Waals surface area contributed by atoms with E-state index in [0.29, 0.717) is 11.1 Å². The van der Waals surface area contributed by atoms with Gasteiger partial charge in [0.15, 0.2) is 0 Å². The molecule has 0 amide bonds. The van der Waals surface area contributed by atoms with Gasteiger partial charge in [-0.25, -0.2) is 17.7 Å². The Kier molecular flexibility index (Phi) is 7.98. The van der Waals surface area contributed by atoms with Gasteiger partial charge in [-0.1, -0.05) is 17.7 Å². The van der Waals surface area contributed by atoms with Crippen LogP contribution in [0.3, 0.4) is 0 Å². The Balaban J connectivity index is 2.24. The number of rotatable bonds is 8. The standard InChI is InChI=1S/C27H35F2NO3S/c1-8-33-22(31)14-21(30-34(32)27(5,6)7)24-25(28)19(18-9-10-18)13-20(26(24)29)23-16(3)11-15(2)12-17(23)4/h11-13,18,21,30H,8-10,14H2,1-7H3/t21-,34+/m0/s1. The molecule has 4 nitrogen and oxygen atoms in total. The number of esters is 1. The summed E-state index contributed by atoms with van der Waals surface area (Å²) in [6.45, 7) is 12.9. The number of hydrogen-bond donors (Lipinski definition) is 1. The van der Waals surface area contributed by atoms with Gasteiger partial charge in [0.25, 0.3) is 0 Å². The average molecular weight is 492 g/mol. The summed E-state index contributed by atoms with van der Waals surface area (Å²) in [7, 11) is -1.66. The number of hydrogen-bond acceptors (Lipinski definition) is 3. The van der Waals surface area contributed by atoms with Crippen LogP contribution in [0.1, 0.15) is 86.7 Å². The van der Waals surface area contributed by atoms with E-state index in [9.17, 15) is 9.00 Å². The Morgan fingerprint density at radius 3 is 2.21 bits per heavy atom. The maximum absolute atomic E-state index is 16.2. The van der Waals surface area contributed by atoms with Gasteiger partial charge in [-0.3, -0.25) is 4.79 Å². The maximum atomic E-state index is 16.2. The second kappa shape index (κ2) is 10.2. The van der Waals surface area contributed by atoms with Crippen LogP contribution in [-0.2, 0) is 20.5 Å². The molecule has 0 unspecified atom stereocenters. The third kappa shape index (κ3) is 5.74. The fourth-order valence-corrected chi connectivity index (χ4v) is 5.17. The topological polar surface area (TPSA) is 55.4 Å². The number of aryl methyl sites for hydroxylation is 3. The molecule has 1 aliphatic carbocycles. The molecule has 3 rings (SSSR count). The molecule has 1 fully saturated rings. The van der Waals surface area contributed by atoms with Crippen LogP contribution in [0.15, 0.2) is 18.2 Å². The summed E-state index contributed by atoms with van der Waals surface area (Å²) in [6.07, 6.45) is 1.33. The summed E-state index contributed by atoms with van der Waals surface area (Å²) < 4.78 is 52.3. The van der Waals surface area contributed by atoms with Gasteiger partial charge in [0.1, 0.15) is 11.6 Å². The third-order valence-corrected chi connectivity index (χ3v) is 7.67. The van der Waals surface area contributed by atoms with Gasteiger partial charge >= 0.3 is 5.97 Å². The SMILES string of the molecule is CCOC(=O)C[C@H](N[S@](=O)C(C)(C)C)c1c(F)c(-c2c(C)cc(C)cc2C)cc(C2CC2)c1F. The summed E-state index contributed by atoms with van der Waals surface area (Å²) in [5, 5.41) is 0. The van der Waals surface area contributed by atoms with Crippen molar-refractivity contribution in [2.75, 3.05) is 6.61 Å². The molecule has 0 radical (unpaired) electrons. The van der Waals surface area contributed by atoms with E-state index in [1.807, 2.05) is 32.9 Å². The molecule has 0 aliphatic heterocycles. The zero-order valence-corrected chi connectivity index (χ0v) is 21.9. The Morgan fingerprint density at radius 2 is 1.71 bits per heavy atom. The van der Waals surface area contributed by atoms with Crippen molar-refractivity contribution in [3.05, 3.63) is 57.7 Å². The molecule has 2 atom stereocenters. The highest BCUT2D eigenvalue weighted by Gasteiger charge is 2.36. The Morgan fingerprint density at radius 1 is 1.12 bits per heavy atom. The van der Waals surface area contributed by atoms with Crippen LogP contribution in [0.25, 0.3) is 11.1 Å². The van der Waals surface area contributed by atoms with Crippen molar-refractivity contribution in [3.8, 4) is 11.1 Å². The van der Waals surface area contributed by atoms with Crippen molar-refractivity contribution in [2.24, 2.45) is 0 Å². The van der Waals surface area contributed by atoms with Crippen LogP contribution < -0.4 is 4.72 Å². The minimum absolute atomic E-state index is 0.0144. The fraction of sp³-hybridized carbons (Fsp3) is 0.519. The summed E-state index contributed by atoms with van der Waals surface area (Å²) >= 11 is 0. The highest BCUT2D eigenvalue weighted by molar-refractivity contribution is 7.84. The summed E-state index contributed by atoms with van der Waals surface area (Å²) in [6, 6.07) is 4.44. The van der Waals surface area contributed by atoms with Gasteiger partial charge < -0.3 is 4.74 Å². The maximum Gasteiger partial charge on any atom is 0.307 e. The summed E-state index contributed by atoms with van der Waals surface area (Å²) in [5.41, 5.74) is 4.08. The monoisotopic (exact) mass is 491 g/mol. The van der Waals surface area contributed by atoms with Gasteiger partial charge in [0, 0.05) is 11.1 Å². The quantitative estimate of drug-likeness (QED) is 0.430. The molecule has 186 valence electrons. The lowest BCUT2D eigenvalue weighted by atomic mass is 9.88. The highest BCUT2D eigenvalue weighted by atomic mass is 32.2. The molecule has 0 heterocycles. The number of nitrogens with one attached hydrogen (secondary N) is 1. The molecule has 2 aromatic rings. The molecule has 0 spiro atoms. The van der Waals surface area contributed by atoms with E-state index in [1.54, 1.807) is 33.8 Å². The molecular weight excluding hydrogens is 456 g/mol. The molecule has 7 heteroatoms. The molecule has 1 saturated carbocycles. The van der Waals surface area contributed by atoms with Crippen LogP contribution in [0.4, 0.5) is 8.78 Å². The van der Waals surface area contributed by atoms with Crippen LogP contribution in [0.2, 0.25) is 0 Å². The Bertz CT molecular complexity index is 1100. The van der Waals surface area contributed by atoms with Crippen LogP contribution in [0.5, 0.6) is 0 Å². The van der Waals surface area contributed by atoms with Gasteiger partial charge in [0.05, 0.1) is 34.8 Å². The van der Waals surface area contributed by atoms with Gasteiger partial charge in [-0.2, -0.15) is 0 Å². The van der Waals surface area contributed by atoms with Crippen LogP contribution in [0, 0.1) is 32.4 Å².